The molecular weight excluding hydrogens is 348 g/mol. The molecule has 0 radical (unpaired) electrons. The molecule has 3 aromatic rings. The monoisotopic (exact) mass is 374 g/mol. The lowest BCUT2D eigenvalue weighted by Gasteiger charge is -2.41. The van der Waals surface area contributed by atoms with E-state index < -0.39 is 0 Å². The Labute approximate surface area is 166 Å². The van der Waals surface area contributed by atoms with Crippen LogP contribution in [0.2, 0.25) is 0 Å². The minimum absolute atomic E-state index is 0.0154. The molecule has 0 unspecified atom stereocenters. The third-order valence-electron chi connectivity index (χ3n) is 5.40. The van der Waals surface area contributed by atoms with E-state index in [4.69, 9.17) is 0 Å². The van der Waals surface area contributed by atoms with Gasteiger partial charge >= 0.3 is 0 Å². The average molecular weight is 374 g/mol. The number of hydrogen-bond acceptors (Lipinski definition) is 3. The number of nitrogens with zero attached hydrogens (tertiary/aromatic N) is 3. The summed E-state index contributed by atoms with van der Waals surface area (Å²) < 4.78 is 0. The number of amides is 1. The van der Waals surface area contributed by atoms with E-state index in [1.54, 1.807) is 0 Å². The van der Waals surface area contributed by atoms with Crippen molar-refractivity contribution in [1.82, 2.24) is 15.1 Å². The van der Waals surface area contributed by atoms with Gasteiger partial charge in [0.05, 0.1) is 5.69 Å². The number of anilines is 1. The van der Waals surface area contributed by atoms with Crippen LogP contribution in [-0.2, 0) is 0 Å². The number of H-pyrrole nitrogens is 1. The summed E-state index contributed by atoms with van der Waals surface area (Å²) in [4.78, 5) is 17.3. The second-order valence-corrected chi connectivity index (χ2v) is 7.67. The number of aromatic nitrogens is 2. The molecule has 0 saturated carbocycles. The number of nitrogens with one attached hydrogen (secondary N) is 1. The second-order valence-electron chi connectivity index (χ2n) is 7.67. The molecule has 1 amide bonds. The fourth-order valence-electron chi connectivity index (χ4n) is 3.81. The number of carbonyl (C=O) groups is 1. The first-order chi connectivity index (χ1) is 13.5. The lowest BCUT2D eigenvalue weighted by Crippen LogP contribution is -2.53. The van der Waals surface area contributed by atoms with Crippen molar-refractivity contribution in [2.75, 3.05) is 24.5 Å². The Morgan fingerprint density at radius 1 is 1.04 bits per heavy atom. The van der Waals surface area contributed by atoms with Crippen molar-refractivity contribution in [1.29, 1.82) is 0 Å². The molecule has 1 aliphatic rings. The minimum atomic E-state index is 0.0154. The molecule has 4 rings (SSSR count). The topological polar surface area (TPSA) is 52.2 Å². The van der Waals surface area contributed by atoms with E-state index in [1.807, 2.05) is 23.1 Å². The van der Waals surface area contributed by atoms with Gasteiger partial charge < -0.3 is 9.80 Å². The molecule has 28 heavy (non-hydrogen) atoms. The summed E-state index contributed by atoms with van der Waals surface area (Å²) in [5.41, 5.74) is 6.04. The van der Waals surface area contributed by atoms with Gasteiger partial charge in [0.1, 0.15) is 5.69 Å². The molecule has 5 nitrogen and oxygen atoms in total. The zero-order valence-electron chi connectivity index (χ0n) is 16.6. The smallest absolute Gasteiger partial charge is 0.272 e. The van der Waals surface area contributed by atoms with Crippen molar-refractivity contribution in [3.63, 3.8) is 0 Å². The highest BCUT2D eigenvalue weighted by Gasteiger charge is 2.28. The number of benzene rings is 2. The van der Waals surface area contributed by atoms with Crippen LogP contribution in [0.3, 0.4) is 0 Å². The number of aromatic amines is 1. The number of carbonyl (C=O) groups excluding carboxylic acids is 1. The van der Waals surface area contributed by atoms with Crippen molar-refractivity contribution in [2.24, 2.45) is 0 Å². The quantitative estimate of drug-likeness (QED) is 0.753. The Bertz CT molecular complexity index is 976. The molecule has 144 valence electrons. The minimum Gasteiger partial charge on any atom is -0.365 e. The summed E-state index contributed by atoms with van der Waals surface area (Å²) in [5.74, 6) is 0.0154. The van der Waals surface area contributed by atoms with Crippen LogP contribution in [0.4, 0.5) is 5.69 Å². The largest absolute Gasteiger partial charge is 0.365 e. The summed E-state index contributed by atoms with van der Waals surface area (Å²) >= 11 is 0. The lowest BCUT2D eigenvalue weighted by molar-refractivity contribution is 0.0720. The normalized spacial score (nSPS) is 17.0. The summed E-state index contributed by atoms with van der Waals surface area (Å²) in [7, 11) is 0. The fraction of sp³-hybridized carbons (Fsp3) is 0.304. The van der Waals surface area contributed by atoms with Crippen LogP contribution >= 0.6 is 0 Å². The van der Waals surface area contributed by atoms with Gasteiger partial charge in [-0.2, -0.15) is 5.10 Å². The van der Waals surface area contributed by atoms with E-state index in [0.29, 0.717) is 18.8 Å². The highest BCUT2D eigenvalue weighted by molar-refractivity contribution is 5.93. The molecule has 1 fully saturated rings. The average Bonchev–Trinajstić information content (AvgIpc) is 3.18. The Morgan fingerprint density at radius 3 is 2.54 bits per heavy atom. The summed E-state index contributed by atoms with van der Waals surface area (Å²) in [6.45, 7) is 8.57. The molecule has 5 heteroatoms. The summed E-state index contributed by atoms with van der Waals surface area (Å²) in [6, 6.07) is 18.8. The van der Waals surface area contributed by atoms with E-state index >= 15 is 0 Å². The second kappa shape index (κ2) is 7.50. The van der Waals surface area contributed by atoms with Gasteiger partial charge in [0.2, 0.25) is 0 Å². The predicted molar refractivity (Wildman–Crippen MR) is 113 cm³/mol. The van der Waals surface area contributed by atoms with Crippen LogP contribution in [0.5, 0.6) is 0 Å². The van der Waals surface area contributed by atoms with E-state index in [9.17, 15) is 4.79 Å². The van der Waals surface area contributed by atoms with E-state index in [1.165, 1.54) is 16.8 Å². The van der Waals surface area contributed by atoms with Gasteiger partial charge in [0, 0.05) is 36.9 Å². The van der Waals surface area contributed by atoms with Crippen LogP contribution in [0.1, 0.15) is 28.5 Å². The molecule has 2 aromatic carbocycles. The van der Waals surface area contributed by atoms with E-state index in [0.717, 1.165) is 17.8 Å². The zero-order valence-corrected chi connectivity index (χ0v) is 16.6. The van der Waals surface area contributed by atoms with Gasteiger partial charge in [-0.25, -0.2) is 0 Å². The number of piperazine rings is 1. The molecule has 1 aromatic heterocycles. The molecule has 1 saturated heterocycles. The zero-order chi connectivity index (χ0) is 19.7. The van der Waals surface area contributed by atoms with Crippen molar-refractivity contribution in [3.05, 3.63) is 71.4 Å². The van der Waals surface area contributed by atoms with Crippen LogP contribution < -0.4 is 4.90 Å². The van der Waals surface area contributed by atoms with Crippen molar-refractivity contribution in [2.45, 2.75) is 26.8 Å². The van der Waals surface area contributed by atoms with Gasteiger partial charge in [0.15, 0.2) is 0 Å². The standard InChI is InChI=1S/C23H26N4O/c1-16-7-9-19(10-8-16)21-14-22(25-24-21)23(28)26-11-12-27(18(3)15-26)20-6-4-5-17(2)13-20/h4-10,13-14,18H,11-12,15H2,1-3H3,(H,24,25)/t18-/m1/s1. The Kier molecular flexibility index (Phi) is 4.90. The lowest BCUT2D eigenvalue weighted by atomic mass is 10.1. The SMILES string of the molecule is Cc1ccc(-c2cc(C(=O)N3CCN(c4cccc(C)c4)[C@H](C)C3)[nH]n2)cc1. The van der Waals surface area contributed by atoms with E-state index in [-0.39, 0.29) is 11.9 Å². The first-order valence-corrected chi connectivity index (χ1v) is 9.76. The van der Waals surface area contributed by atoms with E-state index in [2.05, 4.69) is 72.3 Å². The van der Waals surface area contributed by atoms with Gasteiger partial charge in [-0.3, -0.25) is 9.89 Å². The maximum atomic E-state index is 13.0. The van der Waals surface area contributed by atoms with Crippen LogP contribution in [0, 0.1) is 13.8 Å². The predicted octanol–water partition coefficient (Wildman–Crippen LogP) is 4.04. The highest BCUT2D eigenvalue weighted by atomic mass is 16.2. The van der Waals surface area contributed by atoms with Gasteiger partial charge in [-0.05, 0) is 44.5 Å². The summed E-state index contributed by atoms with van der Waals surface area (Å²) in [5, 5.41) is 7.27. The van der Waals surface area contributed by atoms with Crippen molar-refractivity contribution < 1.29 is 4.79 Å². The molecule has 1 atom stereocenters. The number of aryl methyl sites for hydroxylation is 2. The first kappa shape index (κ1) is 18.3. The molecule has 2 heterocycles. The van der Waals surface area contributed by atoms with Gasteiger partial charge in [-0.15, -0.1) is 0 Å². The Balaban J connectivity index is 1.46. The molecular formula is C23H26N4O. The van der Waals surface area contributed by atoms with Gasteiger partial charge in [-0.1, -0.05) is 42.0 Å². The molecule has 0 aliphatic carbocycles. The van der Waals surface area contributed by atoms with Crippen molar-refractivity contribution >= 4 is 11.6 Å². The molecule has 1 N–H and O–H groups in total. The number of hydrogen-bond donors (Lipinski definition) is 1. The third kappa shape index (κ3) is 3.65. The first-order valence-electron chi connectivity index (χ1n) is 9.76. The van der Waals surface area contributed by atoms with Crippen LogP contribution in [0.25, 0.3) is 11.3 Å². The molecule has 0 spiro atoms. The van der Waals surface area contributed by atoms with Crippen LogP contribution in [0.15, 0.2) is 54.6 Å². The number of rotatable bonds is 3. The van der Waals surface area contributed by atoms with Crippen molar-refractivity contribution in [3.8, 4) is 11.3 Å². The summed E-state index contributed by atoms with van der Waals surface area (Å²) in [6.07, 6.45) is 0. The fourth-order valence-corrected chi connectivity index (χ4v) is 3.81. The van der Waals surface area contributed by atoms with Gasteiger partial charge in [0.25, 0.3) is 5.91 Å². The van der Waals surface area contributed by atoms with Crippen LogP contribution in [-0.4, -0.2) is 46.7 Å². The molecule has 0 bridgehead atoms. The Morgan fingerprint density at radius 2 is 1.82 bits per heavy atom. The third-order valence-corrected chi connectivity index (χ3v) is 5.40. The highest BCUT2D eigenvalue weighted by Crippen LogP contribution is 2.23. The molecule has 1 aliphatic heterocycles. The Hall–Kier alpha value is -3.08. The maximum Gasteiger partial charge on any atom is 0.272 e. The maximum absolute atomic E-state index is 13.0.